The maximum atomic E-state index is 2.31. The normalized spacial score (nSPS) is 11.7. The van der Waals surface area contributed by atoms with Crippen LogP contribution in [0.3, 0.4) is 0 Å². The Morgan fingerprint density at radius 1 is 1.07 bits per heavy atom. The molecule has 14 heavy (non-hydrogen) atoms. The first-order chi connectivity index (χ1) is 6.07. The van der Waals surface area contributed by atoms with Gasteiger partial charge >= 0.3 is 0 Å². The third kappa shape index (κ3) is 11.5. The van der Waals surface area contributed by atoms with Crippen LogP contribution < -0.4 is 0 Å². The van der Waals surface area contributed by atoms with Crippen molar-refractivity contribution in [2.75, 3.05) is 0 Å². The molecule has 0 radical (unpaired) electrons. The molecule has 0 spiro atoms. The molecule has 0 aromatic heterocycles. The summed E-state index contributed by atoms with van der Waals surface area (Å²) in [7, 11) is 0. The maximum absolute atomic E-state index is 2.31. The van der Waals surface area contributed by atoms with Gasteiger partial charge in [0.15, 0.2) is 0 Å². The van der Waals surface area contributed by atoms with Gasteiger partial charge in [-0.25, -0.2) is 0 Å². The maximum Gasteiger partial charge on any atom is -0.0285 e. The molecule has 0 atom stereocenters. The standard InChI is InChI=1S/C11H20.C2H6.CH4/c1-6-7-10(4)11(5)8-9(2)3;1-2;/h7-9H,6H2,1-5H3;1-2H3;1H4/b10-7-,11-8-;;. The van der Waals surface area contributed by atoms with E-state index in [2.05, 4.69) is 46.8 Å². The number of rotatable bonds is 3. The second-order valence-electron chi connectivity index (χ2n) is 3.39. The third-order valence-electron chi connectivity index (χ3n) is 1.72. The van der Waals surface area contributed by atoms with E-state index in [1.165, 1.54) is 11.1 Å². The lowest BCUT2D eigenvalue weighted by Crippen LogP contribution is -1.85. The van der Waals surface area contributed by atoms with Crippen molar-refractivity contribution in [2.24, 2.45) is 5.92 Å². The largest absolute Gasteiger partial charge is 0.0816 e. The van der Waals surface area contributed by atoms with Gasteiger partial charge in [0.25, 0.3) is 0 Å². The lowest BCUT2D eigenvalue weighted by Gasteiger charge is -2.02. The van der Waals surface area contributed by atoms with Crippen LogP contribution in [0.4, 0.5) is 0 Å². The Hall–Kier alpha value is -0.520. The highest BCUT2D eigenvalue weighted by atomic mass is 14.0. The molecule has 0 unspecified atom stereocenters. The van der Waals surface area contributed by atoms with Gasteiger partial charge in [-0.3, -0.25) is 0 Å². The first-order valence-electron chi connectivity index (χ1n) is 5.43. The summed E-state index contributed by atoms with van der Waals surface area (Å²) in [4.78, 5) is 0. The fraction of sp³-hybridized carbons (Fsp3) is 0.714. The number of hydrogen-bond donors (Lipinski definition) is 0. The van der Waals surface area contributed by atoms with Gasteiger partial charge in [0.2, 0.25) is 0 Å². The zero-order chi connectivity index (χ0) is 10.9. The van der Waals surface area contributed by atoms with Gasteiger partial charge < -0.3 is 0 Å². The summed E-state index contributed by atoms with van der Waals surface area (Å²) in [5.41, 5.74) is 2.84. The van der Waals surface area contributed by atoms with E-state index in [-0.39, 0.29) is 7.43 Å². The van der Waals surface area contributed by atoms with Gasteiger partial charge in [0.1, 0.15) is 0 Å². The molecule has 0 amide bonds. The highest BCUT2D eigenvalue weighted by Gasteiger charge is 1.93. The Labute approximate surface area is 92.1 Å². The van der Waals surface area contributed by atoms with Crippen LogP contribution in [-0.4, -0.2) is 0 Å². The smallest absolute Gasteiger partial charge is 0.0285 e. The molecular weight excluding hydrogens is 168 g/mol. The summed E-state index contributed by atoms with van der Waals surface area (Å²) in [6.07, 6.45) is 5.71. The summed E-state index contributed by atoms with van der Waals surface area (Å²) < 4.78 is 0. The lowest BCUT2D eigenvalue weighted by molar-refractivity contribution is 0.822. The van der Waals surface area contributed by atoms with Crippen LogP contribution in [0.2, 0.25) is 0 Å². The van der Waals surface area contributed by atoms with E-state index >= 15 is 0 Å². The molecule has 0 rings (SSSR count). The fourth-order valence-electron chi connectivity index (χ4n) is 1.10. The Morgan fingerprint density at radius 2 is 1.50 bits per heavy atom. The van der Waals surface area contributed by atoms with E-state index in [4.69, 9.17) is 0 Å². The molecule has 86 valence electrons. The molecule has 0 nitrogen and oxygen atoms in total. The summed E-state index contributed by atoms with van der Waals surface area (Å²) in [5, 5.41) is 0. The second-order valence-corrected chi connectivity index (χ2v) is 3.39. The number of hydrogen-bond acceptors (Lipinski definition) is 0. The SMILES string of the molecule is C.CC.CC/C=C(C)\C(C)=C/C(C)C. The molecule has 0 saturated carbocycles. The Balaban J connectivity index is -0.000000376. The Bertz CT molecular complexity index is 159. The topological polar surface area (TPSA) is 0 Å². The lowest BCUT2D eigenvalue weighted by atomic mass is 10.0. The van der Waals surface area contributed by atoms with Crippen LogP contribution in [-0.2, 0) is 0 Å². The van der Waals surface area contributed by atoms with E-state index in [1.54, 1.807) is 0 Å². The molecule has 0 heterocycles. The molecule has 0 aromatic carbocycles. The van der Waals surface area contributed by atoms with Gasteiger partial charge in [0.05, 0.1) is 0 Å². The molecule has 0 heteroatoms. The molecule has 0 aromatic rings. The van der Waals surface area contributed by atoms with Gasteiger partial charge in [-0.1, -0.05) is 65.3 Å². The van der Waals surface area contributed by atoms with Crippen LogP contribution in [0.15, 0.2) is 23.3 Å². The van der Waals surface area contributed by atoms with Gasteiger partial charge in [0, 0.05) is 0 Å². The van der Waals surface area contributed by atoms with Crippen molar-refractivity contribution < 1.29 is 0 Å². The summed E-state index contributed by atoms with van der Waals surface area (Å²) >= 11 is 0. The predicted octanol–water partition coefficient (Wildman–Crippen LogP) is 5.61. The molecule has 0 saturated heterocycles. The first-order valence-corrected chi connectivity index (χ1v) is 5.43. The molecule has 0 aliphatic rings. The average molecular weight is 198 g/mol. The fourth-order valence-corrected chi connectivity index (χ4v) is 1.10. The van der Waals surface area contributed by atoms with Crippen molar-refractivity contribution in [3.05, 3.63) is 23.3 Å². The molecular formula is C14H30. The van der Waals surface area contributed by atoms with E-state index in [1.807, 2.05) is 13.8 Å². The summed E-state index contributed by atoms with van der Waals surface area (Å²) in [6, 6.07) is 0. The van der Waals surface area contributed by atoms with E-state index in [0.29, 0.717) is 5.92 Å². The summed E-state index contributed by atoms with van der Waals surface area (Å²) in [5.74, 6) is 0.662. The van der Waals surface area contributed by atoms with Crippen LogP contribution in [0.5, 0.6) is 0 Å². The molecule has 0 aliphatic heterocycles. The van der Waals surface area contributed by atoms with E-state index in [9.17, 15) is 0 Å². The van der Waals surface area contributed by atoms with Crippen molar-refractivity contribution in [1.29, 1.82) is 0 Å². The quantitative estimate of drug-likeness (QED) is 0.517. The molecule has 0 fully saturated rings. The van der Waals surface area contributed by atoms with E-state index < -0.39 is 0 Å². The van der Waals surface area contributed by atoms with Crippen molar-refractivity contribution >= 4 is 0 Å². The van der Waals surface area contributed by atoms with E-state index in [0.717, 1.165) is 6.42 Å². The highest BCUT2D eigenvalue weighted by Crippen LogP contribution is 2.11. The molecule has 0 aliphatic carbocycles. The minimum absolute atomic E-state index is 0. The third-order valence-corrected chi connectivity index (χ3v) is 1.72. The minimum Gasteiger partial charge on any atom is -0.0816 e. The molecule has 0 N–H and O–H groups in total. The number of allylic oxidation sites excluding steroid dienone is 4. The van der Waals surface area contributed by atoms with Crippen molar-refractivity contribution in [3.63, 3.8) is 0 Å². The first kappa shape index (κ1) is 19.1. The monoisotopic (exact) mass is 198 g/mol. The van der Waals surface area contributed by atoms with Crippen molar-refractivity contribution in [3.8, 4) is 0 Å². The van der Waals surface area contributed by atoms with Crippen molar-refractivity contribution in [2.45, 2.75) is 62.3 Å². The Kier molecular flexibility index (Phi) is 17.0. The zero-order valence-electron chi connectivity index (χ0n) is 10.4. The van der Waals surface area contributed by atoms with Crippen LogP contribution in [0.1, 0.15) is 62.3 Å². The predicted molar refractivity (Wildman–Crippen MR) is 70.7 cm³/mol. The van der Waals surface area contributed by atoms with Gasteiger partial charge in [-0.2, -0.15) is 0 Å². The average Bonchev–Trinajstić information content (AvgIpc) is 2.07. The van der Waals surface area contributed by atoms with Crippen molar-refractivity contribution in [1.82, 2.24) is 0 Å². The second kappa shape index (κ2) is 12.5. The van der Waals surface area contributed by atoms with Gasteiger partial charge in [-0.15, -0.1) is 0 Å². The van der Waals surface area contributed by atoms with Crippen LogP contribution in [0.25, 0.3) is 0 Å². The Morgan fingerprint density at radius 3 is 1.79 bits per heavy atom. The van der Waals surface area contributed by atoms with Gasteiger partial charge in [-0.05, 0) is 26.2 Å². The highest BCUT2D eigenvalue weighted by molar-refractivity contribution is 5.26. The zero-order valence-corrected chi connectivity index (χ0v) is 10.4. The summed E-state index contributed by atoms with van der Waals surface area (Å²) in [6.45, 7) is 15.0. The van der Waals surface area contributed by atoms with Crippen LogP contribution in [0, 0.1) is 5.92 Å². The van der Waals surface area contributed by atoms with Crippen LogP contribution >= 0.6 is 0 Å². The minimum atomic E-state index is 0. The molecule has 0 bridgehead atoms.